The minimum Gasteiger partial charge on any atom is -0.480 e. The zero-order valence-electron chi connectivity index (χ0n) is 10.6. The van der Waals surface area contributed by atoms with Crippen molar-refractivity contribution in [1.29, 1.82) is 0 Å². The fourth-order valence-corrected chi connectivity index (χ4v) is 1.74. The van der Waals surface area contributed by atoms with E-state index in [1.165, 1.54) is 19.4 Å². The first-order chi connectivity index (χ1) is 9.92. The zero-order chi connectivity index (χ0) is 15.6. The topological polar surface area (TPSA) is 68.7 Å². The van der Waals surface area contributed by atoms with Gasteiger partial charge in [-0.15, -0.1) is 0 Å². The summed E-state index contributed by atoms with van der Waals surface area (Å²) in [4.78, 5) is 14.5. The minimum absolute atomic E-state index is 0.0437. The number of ether oxygens (including phenoxy) is 2. The van der Waals surface area contributed by atoms with E-state index in [9.17, 15) is 13.6 Å². The SMILES string of the molecule is COc1ncc(Oc2cc(F)c(C(=O)O)cc2F)cc1Cl. The number of rotatable bonds is 4. The average Bonchev–Trinajstić information content (AvgIpc) is 2.42. The Balaban J connectivity index is 2.34. The van der Waals surface area contributed by atoms with Crippen molar-refractivity contribution in [2.24, 2.45) is 0 Å². The van der Waals surface area contributed by atoms with E-state index in [-0.39, 0.29) is 16.7 Å². The number of nitrogens with zero attached hydrogens (tertiary/aromatic N) is 1. The minimum atomic E-state index is -1.58. The molecule has 0 aliphatic carbocycles. The fraction of sp³-hybridized carbons (Fsp3) is 0.0769. The lowest BCUT2D eigenvalue weighted by Crippen LogP contribution is -2.02. The van der Waals surface area contributed by atoms with Gasteiger partial charge in [0.15, 0.2) is 11.6 Å². The summed E-state index contributed by atoms with van der Waals surface area (Å²) in [5, 5.41) is 8.80. The van der Waals surface area contributed by atoms with E-state index >= 15 is 0 Å². The molecule has 0 saturated heterocycles. The Morgan fingerprint density at radius 1 is 1.29 bits per heavy atom. The summed E-state index contributed by atoms with van der Waals surface area (Å²) >= 11 is 5.82. The highest BCUT2D eigenvalue weighted by Crippen LogP contribution is 2.31. The number of carboxylic acid groups (broad SMARTS) is 1. The first kappa shape index (κ1) is 15.0. The van der Waals surface area contributed by atoms with E-state index in [1.807, 2.05) is 0 Å². The molecule has 0 aliphatic heterocycles. The van der Waals surface area contributed by atoms with Gasteiger partial charge in [0.25, 0.3) is 0 Å². The molecule has 0 unspecified atom stereocenters. The van der Waals surface area contributed by atoms with Crippen molar-refractivity contribution in [1.82, 2.24) is 4.98 Å². The Labute approximate surface area is 122 Å². The monoisotopic (exact) mass is 315 g/mol. The van der Waals surface area contributed by atoms with Gasteiger partial charge in [-0.25, -0.2) is 18.6 Å². The largest absolute Gasteiger partial charge is 0.480 e. The van der Waals surface area contributed by atoms with E-state index in [1.54, 1.807) is 0 Å². The summed E-state index contributed by atoms with van der Waals surface area (Å²) in [5.41, 5.74) is -0.786. The molecule has 0 bridgehead atoms. The number of methoxy groups -OCH3 is 1. The van der Waals surface area contributed by atoms with Crippen molar-refractivity contribution < 1.29 is 28.2 Å². The van der Waals surface area contributed by atoms with Gasteiger partial charge in [-0.05, 0) is 6.07 Å². The lowest BCUT2D eigenvalue weighted by atomic mass is 10.2. The zero-order valence-corrected chi connectivity index (χ0v) is 11.3. The summed E-state index contributed by atoms with van der Waals surface area (Å²) in [6.45, 7) is 0. The number of aromatic carboxylic acids is 1. The van der Waals surface area contributed by atoms with Gasteiger partial charge in [-0.2, -0.15) is 0 Å². The highest BCUT2D eigenvalue weighted by atomic mass is 35.5. The first-order valence-corrected chi connectivity index (χ1v) is 5.90. The van der Waals surface area contributed by atoms with Gasteiger partial charge in [0.1, 0.15) is 16.6 Å². The number of carboxylic acids is 1. The van der Waals surface area contributed by atoms with Crippen molar-refractivity contribution in [3.63, 3.8) is 0 Å². The van der Waals surface area contributed by atoms with Crippen LogP contribution in [-0.2, 0) is 0 Å². The predicted octanol–water partition coefficient (Wildman–Crippen LogP) is 3.51. The van der Waals surface area contributed by atoms with E-state index in [4.69, 9.17) is 26.2 Å². The third-order valence-electron chi connectivity index (χ3n) is 2.46. The third kappa shape index (κ3) is 3.19. The maximum Gasteiger partial charge on any atom is 0.338 e. The van der Waals surface area contributed by atoms with Crippen LogP contribution in [0.5, 0.6) is 17.4 Å². The second-order valence-corrected chi connectivity index (χ2v) is 4.24. The van der Waals surface area contributed by atoms with Crippen molar-refractivity contribution in [2.45, 2.75) is 0 Å². The molecule has 21 heavy (non-hydrogen) atoms. The summed E-state index contributed by atoms with van der Waals surface area (Å²) < 4.78 is 37.1. The number of pyridine rings is 1. The second kappa shape index (κ2) is 5.92. The van der Waals surface area contributed by atoms with Crippen LogP contribution in [0, 0.1) is 11.6 Å². The van der Waals surface area contributed by atoms with Crippen molar-refractivity contribution >= 4 is 17.6 Å². The van der Waals surface area contributed by atoms with Crippen LogP contribution in [0.1, 0.15) is 10.4 Å². The van der Waals surface area contributed by atoms with E-state index in [2.05, 4.69) is 4.98 Å². The molecule has 2 aromatic rings. The quantitative estimate of drug-likeness (QED) is 0.935. The molecule has 5 nitrogen and oxygen atoms in total. The summed E-state index contributed by atoms with van der Waals surface area (Å²) in [6.07, 6.45) is 1.20. The van der Waals surface area contributed by atoms with Crippen LogP contribution in [-0.4, -0.2) is 23.2 Å². The molecule has 0 spiro atoms. The molecule has 0 saturated carbocycles. The number of hydrogen-bond donors (Lipinski definition) is 1. The van der Waals surface area contributed by atoms with E-state index < -0.39 is 28.9 Å². The standard InChI is InChI=1S/C13H8ClF2NO4/c1-20-12-8(14)2-6(5-17-12)21-11-4-9(15)7(13(18)19)3-10(11)16/h2-5H,1H3,(H,18,19). The maximum absolute atomic E-state index is 13.7. The summed E-state index contributed by atoms with van der Waals surface area (Å²) in [7, 11) is 1.37. The van der Waals surface area contributed by atoms with Crippen LogP contribution < -0.4 is 9.47 Å². The van der Waals surface area contributed by atoms with Crippen molar-refractivity contribution in [2.75, 3.05) is 7.11 Å². The van der Waals surface area contributed by atoms with Crippen LogP contribution in [0.25, 0.3) is 0 Å². The van der Waals surface area contributed by atoms with Gasteiger partial charge in [0, 0.05) is 12.1 Å². The summed E-state index contributed by atoms with van der Waals surface area (Å²) in [6, 6.07) is 2.47. The van der Waals surface area contributed by atoms with Gasteiger partial charge in [-0.3, -0.25) is 0 Å². The average molecular weight is 316 g/mol. The normalized spacial score (nSPS) is 10.3. The van der Waals surface area contributed by atoms with Crippen LogP contribution in [0.2, 0.25) is 5.02 Å². The third-order valence-corrected chi connectivity index (χ3v) is 2.73. The molecule has 0 amide bonds. The summed E-state index contributed by atoms with van der Waals surface area (Å²) in [5.74, 6) is -4.01. The number of aromatic nitrogens is 1. The molecule has 1 N–H and O–H groups in total. The number of benzene rings is 1. The first-order valence-electron chi connectivity index (χ1n) is 5.52. The van der Waals surface area contributed by atoms with Gasteiger partial charge in [0.2, 0.25) is 5.88 Å². The molecule has 110 valence electrons. The van der Waals surface area contributed by atoms with Crippen LogP contribution in [0.15, 0.2) is 24.4 Å². The fourth-order valence-electron chi connectivity index (χ4n) is 1.51. The molecule has 0 fully saturated rings. The van der Waals surface area contributed by atoms with Gasteiger partial charge < -0.3 is 14.6 Å². The Hall–Kier alpha value is -2.41. The van der Waals surface area contributed by atoms with Gasteiger partial charge in [-0.1, -0.05) is 11.6 Å². The van der Waals surface area contributed by atoms with Crippen LogP contribution in [0.4, 0.5) is 8.78 Å². The van der Waals surface area contributed by atoms with E-state index in [0.717, 1.165) is 0 Å². The molecular formula is C13H8ClF2NO4. The highest BCUT2D eigenvalue weighted by molar-refractivity contribution is 6.31. The lowest BCUT2D eigenvalue weighted by molar-refractivity contribution is 0.0691. The number of carbonyl (C=O) groups is 1. The van der Waals surface area contributed by atoms with Crippen LogP contribution in [0.3, 0.4) is 0 Å². The molecule has 2 rings (SSSR count). The van der Waals surface area contributed by atoms with Gasteiger partial charge in [0.05, 0.1) is 18.9 Å². The smallest absolute Gasteiger partial charge is 0.338 e. The van der Waals surface area contributed by atoms with E-state index in [0.29, 0.717) is 12.1 Å². The lowest BCUT2D eigenvalue weighted by Gasteiger charge is -2.09. The maximum atomic E-state index is 13.7. The molecular weight excluding hydrogens is 308 g/mol. The Morgan fingerprint density at radius 2 is 2.00 bits per heavy atom. The molecule has 0 atom stereocenters. The molecule has 0 radical (unpaired) electrons. The Bertz CT molecular complexity index is 709. The highest BCUT2D eigenvalue weighted by Gasteiger charge is 2.17. The Morgan fingerprint density at radius 3 is 2.57 bits per heavy atom. The predicted molar refractivity (Wildman–Crippen MR) is 69.2 cm³/mol. The second-order valence-electron chi connectivity index (χ2n) is 3.83. The molecule has 1 aromatic heterocycles. The molecule has 1 aromatic carbocycles. The van der Waals surface area contributed by atoms with Crippen LogP contribution >= 0.6 is 11.6 Å². The van der Waals surface area contributed by atoms with Crippen molar-refractivity contribution in [3.05, 3.63) is 46.6 Å². The molecule has 1 heterocycles. The molecule has 8 heteroatoms. The van der Waals surface area contributed by atoms with Crippen molar-refractivity contribution in [3.8, 4) is 17.4 Å². The van der Waals surface area contributed by atoms with Gasteiger partial charge >= 0.3 is 5.97 Å². The number of halogens is 3. The number of hydrogen-bond acceptors (Lipinski definition) is 4. The Kier molecular flexibility index (Phi) is 4.23. The molecule has 0 aliphatic rings.